The summed E-state index contributed by atoms with van der Waals surface area (Å²) in [6.45, 7) is 0.753. The summed E-state index contributed by atoms with van der Waals surface area (Å²) in [5.41, 5.74) is 0.666. The van der Waals surface area contributed by atoms with Gasteiger partial charge in [0.15, 0.2) is 0 Å². The molecule has 1 aliphatic carbocycles. The van der Waals surface area contributed by atoms with Gasteiger partial charge in [-0.05, 0) is 48.0 Å². The standard InChI is InChI=1S/C12H15BrN2O/c1-14-8-12(6-7-12)11(16)15-10-5-3-2-4-9(10)13/h2-5,14H,6-8H2,1H3,(H,15,16). The van der Waals surface area contributed by atoms with Crippen molar-refractivity contribution >= 4 is 27.5 Å². The lowest BCUT2D eigenvalue weighted by molar-refractivity contribution is -0.120. The van der Waals surface area contributed by atoms with Crippen LogP contribution in [0, 0.1) is 5.41 Å². The van der Waals surface area contributed by atoms with Gasteiger partial charge >= 0.3 is 0 Å². The van der Waals surface area contributed by atoms with Gasteiger partial charge in [0.1, 0.15) is 0 Å². The molecule has 0 saturated heterocycles. The summed E-state index contributed by atoms with van der Waals surface area (Å²) in [5.74, 6) is 0.119. The molecule has 1 amide bonds. The molecule has 86 valence electrons. The first kappa shape index (κ1) is 11.6. The van der Waals surface area contributed by atoms with Crippen LogP contribution in [-0.2, 0) is 4.79 Å². The molecular formula is C12H15BrN2O. The van der Waals surface area contributed by atoms with Crippen molar-refractivity contribution in [2.45, 2.75) is 12.8 Å². The molecule has 1 aromatic carbocycles. The molecule has 2 rings (SSSR count). The number of carbonyl (C=O) groups excluding carboxylic acids is 1. The summed E-state index contributed by atoms with van der Waals surface area (Å²) >= 11 is 3.42. The first-order valence-electron chi connectivity index (χ1n) is 5.38. The smallest absolute Gasteiger partial charge is 0.231 e. The first-order valence-corrected chi connectivity index (χ1v) is 6.18. The van der Waals surface area contributed by atoms with E-state index in [0.29, 0.717) is 0 Å². The van der Waals surface area contributed by atoms with Crippen molar-refractivity contribution in [1.82, 2.24) is 5.32 Å². The largest absolute Gasteiger partial charge is 0.325 e. The van der Waals surface area contributed by atoms with Crippen LogP contribution in [0.2, 0.25) is 0 Å². The molecule has 0 spiro atoms. The van der Waals surface area contributed by atoms with E-state index in [1.165, 1.54) is 0 Å². The molecule has 0 radical (unpaired) electrons. The van der Waals surface area contributed by atoms with Crippen molar-refractivity contribution in [1.29, 1.82) is 0 Å². The van der Waals surface area contributed by atoms with E-state index in [1.807, 2.05) is 31.3 Å². The van der Waals surface area contributed by atoms with Crippen molar-refractivity contribution in [3.05, 3.63) is 28.7 Å². The number of anilines is 1. The van der Waals surface area contributed by atoms with E-state index in [9.17, 15) is 4.79 Å². The topological polar surface area (TPSA) is 41.1 Å². The number of benzene rings is 1. The summed E-state index contributed by atoms with van der Waals surface area (Å²) in [7, 11) is 1.88. The second-order valence-electron chi connectivity index (χ2n) is 4.24. The van der Waals surface area contributed by atoms with Crippen LogP contribution < -0.4 is 10.6 Å². The fraction of sp³-hybridized carbons (Fsp3) is 0.417. The zero-order chi connectivity index (χ0) is 11.6. The van der Waals surface area contributed by atoms with Crippen LogP contribution in [0.5, 0.6) is 0 Å². The van der Waals surface area contributed by atoms with Crippen LogP contribution in [0.1, 0.15) is 12.8 Å². The van der Waals surface area contributed by atoms with Crippen molar-refractivity contribution < 1.29 is 4.79 Å². The van der Waals surface area contributed by atoms with Gasteiger partial charge in [-0.3, -0.25) is 4.79 Å². The van der Waals surface area contributed by atoms with Crippen molar-refractivity contribution in [3.8, 4) is 0 Å². The number of carbonyl (C=O) groups is 1. The van der Waals surface area contributed by atoms with Gasteiger partial charge < -0.3 is 10.6 Å². The molecule has 1 aliphatic rings. The Hall–Kier alpha value is -0.870. The van der Waals surface area contributed by atoms with Crippen LogP contribution in [0.15, 0.2) is 28.7 Å². The molecule has 0 unspecified atom stereocenters. The Labute approximate surface area is 104 Å². The summed E-state index contributed by atoms with van der Waals surface area (Å²) in [6.07, 6.45) is 1.95. The number of para-hydroxylation sites is 1. The van der Waals surface area contributed by atoms with E-state index >= 15 is 0 Å². The zero-order valence-corrected chi connectivity index (χ0v) is 10.8. The molecule has 0 bridgehead atoms. The van der Waals surface area contributed by atoms with E-state index < -0.39 is 0 Å². The third kappa shape index (κ3) is 2.28. The fourth-order valence-corrected chi connectivity index (χ4v) is 2.17. The van der Waals surface area contributed by atoms with Crippen LogP contribution in [0.25, 0.3) is 0 Å². The maximum atomic E-state index is 12.1. The highest BCUT2D eigenvalue weighted by Crippen LogP contribution is 2.46. The third-order valence-corrected chi connectivity index (χ3v) is 3.66. The monoisotopic (exact) mass is 282 g/mol. The van der Waals surface area contributed by atoms with Crippen LogP contribution in [0.4, 0.5) is 5.69 Å². The molecule has 1 saturated carbocycles. The van der Waals surface area contributed by atoms with Gasteiger partial charge in [0.2, 0.25) is 5.91 Å². The van der Waals surface area contributed by atoms with Gasteiger partial charge in [-0.1, -0.05) is 12.1 Å². The molecule has 1 aromatic rings. The minimum atomic E-state index is -0.177. The lowest BCUT2D eigenvalue weighted by Gasteiger charge is -2.15. The fourth-order valence-electron chi connectivity index (χ4n) is 1.79. The number of halogens is 1. The second kappa shape index (κ2) is 4.55. The summed E-state index contributed by atoms with van der Waals surface area (Å²) < 4.78 is 0.920. The Morgan fingerprint density at radius 1 is 1.44 bits per heavy atom. The lowest BCUT2D eigenvalue weighted by Crippen LogP contribution is -2.32. The van der Waals surface area contributed by atoms with Crippen LogP contribution >= 0.6 is 15.9 Å². The average molecular weight is 283 g/mol. The number of amides is 1. The molecule has 4 heteroatoms. The second-order valence-corrected chi connectivity index (χ2v) is 5.10. The van der Waals surface area contributed by atoms with E-state index in [0.717, 1.165) is 29.5 Å². The molecule has 3 nitrogen and oxygen atoms in total. The summed E-state index contributed by atoms with van der Waals surface area (Å²) in [6, 6.07) is 7.67. The van der Waals surface area contributed by atoms with E-state index in [4.69, 9.17) is 0 Å². The van der Waals surface area contributed by atoms with E-state index in [2.05, 4.69) is 26.6 Å². The molecule has 2 N–H and O–H groups in total. The Morgan fingerprint density at radius 3 is 2.69 bits per heavy atom. The van der Waals surface area contributed by atoms with Gasteiger partial charge in [0.05, 0.1) is 11.1 Å². The normalized spacial score (nSPS) is 16.9. The minimum Gasteiger partial charge on any atom is -0.325 e. The van der Waals surface area contributed by atoms with Crippen molar-refractivity contribution in [2.75, 3.05) is 18.9 Å². The maximum Gasteiger partial charge on any atom is 0.231 e. The van der Waals surface area contributed by atoms with Gasteiger partial charge in [0, 0.05) is 11.0 Å². The zero-order valence-electron chi connectivity index (χ0n) is 9.22. The molecule has 0 aromatic heterocycles. The Bertz CT molecular complexity index is 402. The highest BCUT2D eigenvalue weighted by molar-refractivity contribution is 9.10. The number of nitrogens with one attached hydrogen (secondary N) is 2. The predicted molar refractivity (Wildman–Crippen MR) is 68.4 cm³/mol. The van der Waals surface area contributed by atoms with Crippen molar-refractivity contribution in [3.63, 3.8) is 0 Å². The summed E-state index contributed by atoms with van der Waals surface area (Å²) in [5, 5.41) is 6.05. The number of rotatable bonds is 4. The summed E-state index contributed by atoms with van der Waals surface area (Å²) in [4.78, 5) is 12.1. The van der Waals surface area contributed by atoms with Gasteiger partial charge in [-0.15, -0.1) is 0 Å². The Balaban J connectivity index is 2.06. The lowest BCUT2D eigenvalue weighted by atomic mass is 10.1. The molecular weight excluding hydrogens is 268 g/mol. The molecule has 16 heavy (non-hydrogen) atoms. The number of hydrogen-bond acceptors (Lipinski definition) is 2. The van der Waals surface area contributed by atoms with E-state index in [1.54, 1.807) is 0 Å². The number of hydrogen-bond donors (Lipinski definition) is 2. The predicted octanol–water partition coefficient (Wildman–Crippen LogP) is 2.39. The Morgan fingerprint density at radius 2 is 2.12 bits per heavy atom. The molecule has 1 fully saturated rings. The quantitative estimate of drug-likeness (QED) is 0.890. The first-order chi connectivity index (χ1) is 7.68. The minimum absolute atomic E-state index is 0.119. The van der Waals surface area contributed by atoms with Gasteiger partial charge in [0.25, 0.3) is 0 Å². The third-order valence-electron chi connectivity index (χ3n) is 2.97. The Kier molecular flexibility index (Phi) is 3.30. The maximum absolute atomic E-state index is 12.1. The molecule has 0 heterocycles. The average Bonchev–Trinajstić information content (AvgIpc) is 3.03. The molecule has 0 aliphatic heterocycles. The molecule has 0 atom stereocenters. The van der Waals surface area contributed by atoms with E-state index in [-0.39, 0.29) is 11.3 Å². The highest BCUT2D eigenvalue weighted by atomic mass is 79.9. The van der Waals surface area contributed by atoms with Crippen molar-refractivity contribution in [2.24, 2.45) is 5.41 Å². The van der Waals surface area contributed by atoms with Crippen LogP contribution in [0.3, 0.4) is 0 Å². The highest BCUT2D eigenvalue weighted by Gasteiger charge is 2.49. The SMILES string of the molecule is CNCC1(C(=O)Nc2ccccc2Br)CC1. The van der Waals surface area contributed by atoms with Crippen LogP contribution in [-0.4, -0.2) is 19.5 Å². The van der Waals surface area contributed by atoms with Gasteiger partial charge in [-0.25, -0.2) is 0 Å². The van der Waals surface area contributed by atoms with Gasteiger partial charge in [-0.2, -0.15) is 0 Å².